The van der Waals surface area contributed by atoms with Crippen LogP contribution in [0.5, 0.6) is 11.5 Å². The molecule has 0 saturated carbocycles. The molecule has 0 radical (unpaired) electrons. The second-order valence-corrected chi connectivity index (χ2v) is 6.85. The van der Waals surface area contributed by atoms with E-state index in [4.69, 9.17) is 9.47 Å². The molecule has 0 spiro atoms. The lowest BCUT2D eigenvalue weighted by Crippen LogP contribution is -2.52. The summed E-state index contributed by atoms with van der Waals surface area (Å²) in [7, 11) is 3.47. The van der Waals surface area contributed by atoms with E-state index in [1.807, 2.05) is 43.4 Å². The molecule has 30 heavy (non-hydrogen) atoms. The lowest BCUT2D eigenvalue weighted by molar-refractivity contribution is 0.146. The monoisotopic (exact) mass is 526 g/mol. The Kier molecular flexibility index (Phi) is 10.0. The van der Waals surface area contributed by atoms with Crippen LogP contribution in [-0.2, 0) is 11.3 Å². The molecular formula is C22H31IN4O3. The standard InChI is InChI=1S/C22H30N4O3.HI/c1-23-22(24-17-18-6-5-7-19(16-18)29-15-14-28-2)26-12-10-25(11-13-26)20-8-3-4-9-21(20)27;/h3-9,16,27H,10-15,17H2,1-2H3,(H,23,24);1H. The smallest absolute Gasteiger partial charge is 0.194 e. The number of benzene rings is 2. The third-order valence-electron chi connectivity index (χ3n) is 4.92. The van der Waals surface area contributed by atoms with Gasteiger partial charge in [-0.15, -0.1) is 24.0 Å². The molecular weight excluding hydrogens is 495 g/mol. The molecule has 1 saturated heterocycles. The van der Waals surface area contributed by atoms with Crippen molar-refractivity contribution in [1.29, 1.82) is 0 Å². The molecule has 0 bridgehead atoms. The Morgan fingerprint density at radius 1 is 1.07 bits per heavy atom. The van der Waals surface area contributed by atoms with Crippen LogP contribution in [0.4, 0.5) is 5.69 Å². The number of ether oxygens (including phenoxy) is 2. The van der Waals surface area contributed by atoms with Crippen LogP contribution in [0, 0.1) is 0 Å². The van der Waals surface area contributed by atoms with Crippen LogP contribution in [0.25, 0.3) is 0 Å². The number of rotatable bonds is 7. The minimum absolute atomic E-state index is 0. The minimum Gasteiger partial charge on any atom is -0.506 e. The maximum absolute atomic E-state index is 10.1. The molecule has 2 aromatic carbocycles. The molecule has 7 nitrogen and oxygen atoms in total. The van der Waals surface area contributed by atoms with Gasteiger partial charge < -0.3 is 29.7 Å². The quantitative estimate of drug-likeness (QED) is 0.250. The SMILES string of the molecule is CN=C(NCc1cccc(OCCOC)c1)N1CCN(c2ccccc2O)CC1.I. The average molecular weight is 526 g/mol. The molecule has 0 unspecified atom stereocenters. The number of guanidine groups is 1. The van der Waals surface area contributed by atoms with Crippen LogP contribution in [0.2, 0.25) is 0 Å². The maximum Gasteiger partial charge on any atom is 0.194 e. The molecule has 1 aliphatic rings. The number of hydrogen-bond acceptors (Lipinski definition) is 5. The summed E-state index contributed by atoms with van der Waals surface area (Å²) >= 11 is 0. The van der Waals surface area contributed by atoms with E-state index in [0.29, 0.717) is 25.5 Å². The van der Waals surface area contributed by atoms with Crippen molar-refractivity contribution in [2.75, 3.05) is 58.5 Å². The van der Waals surface area contributed by atoms with Gasteiger partial charge in [0.25, 0.3) is 0 Å². The van der Waals surface area contributed by atoms with Crippen molar-refractivity contribution >= 4 is 35.6 Å². The number of halogens is 1. The Morgan fingerprint density at radius 2 is 1.83 bits per heavy atom. The van der Waals surface area contributed by atoms with Crippen molar-refractivity contribution in [3.63, 3.8) is 0 Å². The molecule has 0 atom stereocenters. The molecule has 8 heteroatoms. The number of nitrogens with one attached hydrogen (secondary N) is 1. The molecule has 1 fully saturated rings. The number of nitrogens with zero attached hydrogens (tertiary/aromatic N) is 3. The predicted octanol–water partition coefficient (Wildman–Crippen LogP) is 2.93. The summed E-state index contributed by atoms with van der Waals surface area (Å²) < 4.78 is 10.7. The molecule has 2 N–H and O–H groups in total. The molecule has 1 aliphatic heterocycles. The van der Waals surface area contributed by atoms with Gasteiger partial charge >= 0.3 is 0 Å². The molecule has 1 heterocycles. The number of phenols is 1. The van der Waals surface area contributed by atoms with E-state index in [9.17, 15) is 5.11 Å². The van der Waals surface area contributed by atoms with Crippen molar-refractivity contribution in [2.24, 2.45) is 4.99 Å². The summed E-state index contributed by atoms with van der Waals surface area (Å²) in [5, 5.41) is 13.5. The Bertz CT molecular complexity index is 810. The third-order valence-corrected chi connectivity index (χ3v) is 4.92. The van der Waals surface area contributed by atoms with Crippen LogP contribution < -0.4 is 15.0 Å². The number of hydrogen-bond donors (Lipinski definition) is 2. The van der Waals surface area contributed by atoms with E-state index in [0.717, 1.165) is 49.1 Å². The first-order chi connectivity index (χ1) is 14.2. The summed E-state index contributed by atoms with van der Waals surface area (Å²) in [6.45, 7) is 5.14. The summed E-state index contributed by atoms with van der Waals surface area (Å²) in [6.07, 6.45) is 0. The predicted molar refractivity (Wildman–Crippen MR) is 131 cm³/mol. The maximum atomic E-state index is 10.1. The van der Waals surface area contributed by atoms with Crippen molar-refractivity contribution in [3.05, 3.63) is 54.1 Å². The van der Waals surface area contributed by atoms with E-state index in [2.05, 4.69) is 26.2 Å². The van der Waals surface area contributed by atoms with Crippen molar-refractivity contribution in [3.8, 4) is 11.5 Å². The van der Waals surface area contributed by atoms with Gasteiger partial charge in [-0.3, -0.25) is 4.99 Å². The number of phenolic OH excluding ortho intramolecular Hbond substituents is 1. The van der Waals surface area contributed by atoms with Gasteiger partial charge in [0.05, 0.1) is 12.3 Å². The topological polar surface area (TPSA) is 69.6 Å². The van der Waals surface area contributed by atoms with Crippen molar-refractivity contribution in [2.45, 2.75) is 6.54 Å². The molecule has 0 aromatic heterocycles. The Balaban J connectivity index is 0.00000320. The zero-order valence-corrected chi connectivity index (χ0v) is 19.9. The molecule has 0 aliphatic carbocycles. The molecule has 164 valence electrons. The summed E-state index contributed by atoms with van der Waals surface area (Å²) in [6, 6.07) is 15.5. The van der Waals surface area contributed by atoms with Gasteiger partial charge in [-0.2, -0.15) is 0 Å². The van der Waals surface area contributed by atoms with E-state index in [1.54, 1.807) is 13.2 Å². The van der Waals surface area contributed by atoms with E-state index >= 15 is 0 Å². The first kappa shape index (κ1) is 24.1. The van der Waals surface area contributed by atoms with Crippen LogP contribution in [0.3, 0.4) is 0 Å². The normalized spacial score (nSPS) is 14.3. The Morgan fingerprint density at radius 3 is 2.53 bits per heavy atom. The van der Waals surface area contributed by atoms with E-state index < -0.39 is 0 Å². The van der Waals surface area contributed by atoms with E-state index in [-0.39, 0.29) is 24.0 Å². The third kappa shape index (κ3) is 6.66. The number of piperazine rings is 1. The summed E-state index contributed by atoms with van der Waals surface area (Å²) in [4.78, 5) is 8.89. The van der Waals surface area contributed by atoms with Crippen molar-refractivity contribution < 1.29 is 14.6 Å². The first-order valence-corrected chi connectivity index (χ1v) is 9.90. The lowest BCUT2D eigenvalue weighted by Gasteiger charge is -2.37. The zero-order valence-electron chi connectivity index (χ0n) is 17.6. The average Bonchev–Trinajstić information content (AvgIpc) is 2.76. The number of aromatic hydroxyl groups is 1. The van der Waals surface area contributed by atoms with Gasteiger partial charge in [0.2, 0.25) is 0 Å². The van der Waals surface area contributed by atoms with Crippen LogP contribution in [-0.4, -0.2) is 69.5 Å². The minimum atomic E-state index is 0. The van der Waals surface area contributed by atoms with Gasteiger partial charge in [-0.25, -0.2) is 0 Å². The summed E-state index contributed by atoms with van der Waals surface area (Å²) in [5.74, 6) is 2.05. The molecule has 0 amide bonds. The van der Waals surface area contributed by atoms with E-state index in [1.165, 1.54) is 0 Å². The van der Waals surface area contributed by atoms with Crippen LogP contribution >= 0.6 is 24.0 Å². The highest BCUT2D eigenvalue weighted by atomic mass is 127. The van der Waals surface area contributed by atoms with Gasteiger partial charge in [0.1, 0.15) is 18.1 Å². The fourth-order valence-electron chi connectivity index (χ4n) is 3.39. The molecule has 2 aromatic rings. The zero-order chi connectivity index (χ0) is 20.5. The second-order valence-electron chi connectivity index (χ2n) is 6.85. The number of methoxy groups -OCH3 is 1. The number of anilines is 1. The number of aliphatic imine (C=N–C) groups is 1. The number of para-hydroxylation sites is 2. The fraction of sp³-hybridized carbons (Fsp3) is 0.409. The fourth-order valence-corrected chi connectivity index (χ4v) is 3.39. The van der Waals surface area contributed by atoms with Crippen LogP contribution in [0.1, 0.15) is 5.56 Å². The molecule has 3 rings (SSSR count). The van der Waals surface area contributed by atoms with Gasteiger partial charge in [0.15, 0.2) is 5.96 Å². The highest BCUT2D eigenvalue weighted by molar-refractivity contribution is 14.0. The summed E-state index contributed by atoms with van der Waals surface area (Å²) in [5.41, 5.74) is 2.02. The van der Waals surface area contributed by atoms with Gasteiger partial charge in [-0.1, -0.05) is 24.3 Å². The van der Waals surface area contributed by atoms with Gasteiger partial charge in [-0.05, 0) is 29.8 Å². The largest absolute Gasteiger partial charge is 0.506 e. The highest BCUT2D eigenvalue weighted by Gasteiger charge is 2.21. The van der Waals surface area contributed by atoms with Gasteiger partial charge in [0, 0.05) is 46.9 Å². The first-order valence-electron chi connectivity index (χ1n) is 9.90. The second kappa shape index (κ2) is 12.5. The van der Waals surface area contributed by atoms with Crippen molar-refractivity contribution in [1.82, 2.24) is 10.2 Å². The Labute approximate surface area is 195 Å². The Hall–Kier alpha value is -2.20. The van der Waals surface area contributed by atoms with Crippen LogP contribution in [0.15, 0.2) is 53.5 Å². The lowest BCUT2D eigenvalue weighted by atomic mass is 10.2. The highest BCUT2D eigenvalue weighted by Crippen LogP contribution is 2.27.